The van der Waals surface area contributed by atoms with Crippen molar-refractivity contribution in [3.8, 4) is 0 Å². The smallest absolute Gasteiger partial charge is 0.0390 e. The van der Waals surface area contributed by atoms with E-state index in [1.165, 1.54) is 25.7 Å². The van der Waals surface area contributed by atoms with Crippen molar-refractivity contribution < 1.29 is 4.21 Å². The van der Waals surface area contributed by atoms with Gasteiger partial charge in [-0.3, -0.25) is 4.21 Å². The van der Waals surface area contributed by atoms with E-state index in [4.69, 9.17) is 5.73 Å². The highest BCUT2D eigenvalue weighted by Gasteiger charge is 2.33. The molecule has 0 aliphatic heterocycles. The summed E-state index contributed by atoms with van der Waals surface area (Å²) >= 11 is 0. The molecular formula is C15H31NOS. The van der Waals surface area contributed by atoms with Crippen LogP contribution in [-0.4, -0.2) is 21.8 Å². The van der Waals surface area contributed by atoms with E-state index in [9.17, 15) is 4.21 Å². The van der Waals surface area contributed by atoms with Crippen molar-refractivity contribution in [3.05, 3.63) is 0 Å². The van der Waals surface area contributed by atoms with Crippen LogP contribution < -0.4 is 5.73 Å². The fourth-order valence-corrected chi connectivity index (χ4v) is 5.27. The molecule has 1 saturated carbocycles. The molecule has 5 unspecified atom stereocenters. The summed E-state index contributed by atoms with van der Waals surface area (Å²) in [6, 6.07) is 0. The Bertz CT molecular complexity index is 257. The van der Waals surface area contributed by atoms with Gasteiger partial charge >= 0.3 is 0 Å². The van der Waals surface area contributed by atoms with E-state index in [1.807, 2.05) is 0 Å². The van der Waals surface area contributed by atoms with Crippen LogP contribution in [0.4, 0.5) is 0 Å². The molecule has 5 atom stereocenters. The van der Waals surface area contributed by atoms with Gasteiger partial charge in [0.1, 0.15) is 0 Å². The largest absolute Gasteiger partial charge is 0.330 e. The van der Waals surface area contributed by atoms with Crippen LogP contribution in [0.25, 0.3) is 0 Å². The Hall–Kier alpha value is 0.110. The summed E-state index contributed by atoms with van der Waals surface area (Å²) in [4.78, 5) is 0. The maximum Gasteiger partial charge on any atom is 0.0390 e. The molecule has 1 aliphatic rings. The number of hydrogen-bond donors (Lipinski definition) is 1. The molecule has 2 nitrogen and oxygen atoms in total. The summed E-state index contributed by atoms with van der Waals surface area (Å²) in [6.07, 6.45) is 7.32. The second-order valence-electron chi connectivity index (χ2n) is 6.06. The first kappa shape index (κ1) is 16.2. The second-order valence-corrected chi connectivity index (χ2v) is 7.76. The molecule has 18 heavy (non-hydrogen) atoms. The van der Waals surface area contributed by atoms with E-state index < -0.39 is 10.8 Å². The summed E-state index contributed by atoms with van der Waals surface area (Å²) in [5, 5.41) is 0.370. The normalized spacial score (nSPS) is 32.1. The highest BCUT2D eigenvalue weighted by Crippen LogP contribution is 2.34. The van der Waals surface area contributed by atoms with Gasteiger partial charge in [0.05, 0.1) is 0 Å². The SMILES string of the molecule is CCCC1CCC(CN)C(S(=O)CC(C)CC)C1. The lowest BCUT2D eigenvalue weighted by Gasteiger charge is -2.35. The average Bonchev–Trinajstić information content (AvgIpc) is 2.38. The summed E-state index contributed by atoms with van der Waals surface area (Å²) in [7, 11) is -0.671. The minimum absolute atomic E-state index is 0.370. The molecule has 1 fully saturated rings. The molecule has 0 spiro atoms. The Morgan fingerprint density at radius 2 is 2.06 bits per heavy atom. The number of nitrogens with two attached hydrogens (primary N) is 1. The Kier molecular flexibility index (Phi) is 7.47. The Morgan fingerprint density at radius 3 is 2.61 bits per heavy atom. The minimum Gasteiger partial charge on any atom is -0.330 e. The maximum absolute atomic E-state index is 12.5. The fraction of sp³-hybridized carbons (Fsp3) is 1.00. The van der Waals surface area contributed by atoms with Crippen LogP contribution in [0.15, 0.2) is 0 Å². The topological polar surface area (TPSA) is 43.1 Å². The van der Waals surface area contributed by atoms with Gasteiger partial charge in [0.2, 0.25) is 0 Å². The van der Waals surface area contributed by atoms with E-state index in [0.29, 0.717) is 17.1 Å². The first-order valence-corrected chi connectivity index (χ1v) is 9.07. The third-order valence-corrected chi connectivity index (χ3v) is 6.67. The van der Waals surface area contributed by atoms with Crippen molar-refractivity contribution in [3.63, 3.8) is 0 Å². The summed E-state index contributed by atoms with van der Waals surface area (Å²) in [5.41, 5.74) is 5.88. The van der Waals surface area contributed by atoms with Crippen LogP contribution in [0.5, 0.6) is 0 Å². The maximum atomic E-state index is 12.5. The van der Waals surface area contributed by atoms with Gasteiger partial charge in [-0.15, -0.1) is 0 Å². The van der Waals surface area contributed by atoms with Crippen LogP contribution >= 0.6 is 0 Å². The Morgan fingerprint density at radius 1 is 1.33 bits per heavy atom. The highest BCUT2D eigenvalue weighted by atomic mass is 32.2. The monoisotopic (exact) mass is 273 g/mol. The van der Waals surface area contributed by atoms with Gasteiger partial charge in [-0.25, -0.2) is 0 Å². The van der Waals surface area contributed by atoms with Gasteiger partial charge in [0.15, 0.2) is 0 Å². The second kappa shape index (κ2) is 8.31. The van der Waals surface area contributed by atoms with E-state index in [-0.39, 0.29) is 0 Å². The first-order chi connectivity index (χ1) is 8.62. The minimum atomic E-state index is -0.671. The van der Waals surface area contributed by atoms with Crippen LogP contribution in [0.1, 0.15) is 59.3 Å². The van der Waals surface area contributed by atoms with Crippen molar-refractivity contribution in [1.29, 1.82) is 0 Å². The van der Waals surface area contributed by atoms with E-state index >= 15 is 0 Å². The van der Waals surface area contributed by atoms with Gasteiger partial charge < -0.3 is 5.73 Å². The molecule has 0 aromatic rings. The van der Waals surface area contributed by atoms with Gasteiger partial charge in [0, 0.05) is 21.8 Å². The Balaban J connectivity index is 2.58. The van der Waals surface area contributed by atoms with Crippen molar-refractivity contribution in [2.45, 2.75) is 64.5 Å². The molecule has 108 valence electrons. The predicted molar refractivity (Wildman–Crippen MR) is 81.0 cm³/mol. The van der Waals surface area contributed by atoms with Crippen molar-refractivity contribution in [1.82, 2.24) is 0 Å². The molecule has 0 amide bonds. The number of rotatable bonds is 7. The molecule has 0 aromatic carbocycles. The summed E-state index contributed by atoms with van der Waals surface area (Å²) in [5.74, 6) is 2.75. The molecule has 2 N–H and O–H groups in total. The van der Waals surface area contributed by atoms with Gasteiger partial charge in [-0.05, 0) is 37.1 Å². The summed E-state index contributed by atoms with van der Waals surface area (Å²) in [6.45, 7) is 7.36. The average molecular weight is 273 g/mol. The number of hydrogen-bond acceptors (Lipinski definition) is 2. The molecule has 0 aromatic heterocycles. The molecule has 3 heteroatoms. The molecule has 1 aliphatic carbocycles. The van der Waals surface area contributed by atoms with Crippen LogP contribution in [0, 0.1) is 17.8 Å². The third-order valence-electron chi connectivity index (χ3n) is 4.52. The fourth-order valence-electron chi connectivity index (χ4n) is 3.06. The Labute approximate surface area is 116 Å². The standard InChI is InChI=1S/C15H31NOS/c1-4-6-13-7-8-14(10-16)15(9-13)18(17)11-12(3)5-2/h12-15H,4-11,16H2,1-3H3. The van der Waals surface area contributed by atoms with Gasteiger partial charge in [0.25, 0.3) is 0 Å². The quantitative estimate of drug-likeness (QED) is 0.773. The van der Waals surface area contributed by atoms with Gasteiger partial charge in [-0.1, -0.05) is 46.5 Å². The highest BCUT2D eigenvalue weighted by molar-refractivity contribution is 7.85. The predicted octanol–water partition coefficient (Wildman–Crippen LogP) is 3.32. The molecular weight excluding hydrogens is 242 g/mol. The van der Waals surface area contributed by atoms with Crippen molar-refractivity contribution in [2.24, 2.45) is 23.5 Å². The molecule has 0 bridgehead atoms. The summed E-state index contributed by atoms with van der Waals surface area (Å²) < 4.78 is 12.5. The van der Waals surface area contributed by atoms with Crippen molar-refractivity contribution in [2.75, 3.05) is 12.3 Å². The first-order valence-electron chi connectivity index (χ1n) is 7.69. The molecule has 0 radical (unpaired) electrons. The molecule has 0 heterocycles. The lowest BCUT2D eigenvalue weighted by atomic mass is 9.80. The van der Waals surface area contributed by atoms with E-state index in [2.05, 4.69) is 20.8 Å². The zero-order chi connectivity index (χ0) is 13.5. The van der Waals surface area contributed by atoms with Crippen LogP contribution in [-0.2, 0) is 10.8 Å². The molecule has 1 rings (SSSR count). The zero-order valence-electron chi connectivity index (χ0n) is 12.4. The lowest BCUT2D eigenvalue weighted by molar-refractivity contribution is 0.272. The van der Waals surface area contributed by atoms with Crippen LogP contribution in [0.2, 0.25) is 0 Å². The van der Waals surface area contributed by atoms with Gasteiger partial charge in [-0.2, -0.15) is 0 Å². The third kappa shape index (κ3) is 4.65. The van der Waals surface area contributed by atoms with Crippen LogP contribution in [0.3, 0.4) is 0 Å². The van der Waals surface area contributed by atoms with Crippen molar-refractivity contribution >= 4 is 10.8 Å². The van der Waals surface area contributed by atoms with E-state index in [1.54, 1.807) is 0 Å². The lowest BCUT2D eigenvalue weighted by Crippen LogP contribution is -2.38. The zero-order valence-corrected chi connectivity index (χ0v) is 13.2. The molecule has 0 saturated heterocycles. The van der Waals surface area contributed by atoms with E-state index in [0.717, 1.165) is 31.1 Å².